The second kappa shape index (κ2) is 6.52. The van der Waals surface area contributed by atoms with Gasteiger partial charge in [-0.3, -0.25) is 5.10 Å². The van der Waals surface area contributed by atoms with E-state index in [9.17, 15) is 13.7 Å². The minimum absolute atomic E-state index is 0.0857. The summed E-state index contributed by atoms with van der Waals surface area (Å²) in [4.78, 5) is -0.241. The number of aromatic amines is 1. The Bertz CT molecular complexity index is 1010. The van der Waals surface area contributed by atoms with E-state index in [-0.39, 0.29) is 9.80 Å². The maximum Gasteiger partial charge on any atom is 0.216 e. The topological polar surface area (TPSA) is 86.6 Å². The molecule has 0 unspecified atom stereocenters. The molecule has 118 valence electrons. The first-order valence-corrected chi connectivity index (χ1v) is 8.62. The standard InChI is InChI=1S/C18H13N3O2S/c19-12-17(24(22,23)16-9-5-2-6-10-16)11-15-13-20-21-18(15)14-7-3-1-4-8-14/h1-11,13H,(H,20,21). The van der Waals surface area contributed by atoms with Gasteiger partial charge in [-0.25, -0.2) is 8.42 Å². The molecule has 1 aromatic heterocycles. The van der Waals surface area contributed by atoms with E-state index in [1.54, 1.807) is 24.3 Å². The molecule has 2 aromatic carbocycles. The van der Waals surface area contributed by atoms with E-state index in [2.05, 4.69) is 10.2 Å². The molecule has 0 aliphatic heterocycles. The molecule has 0 aliphatic rings. The van der Waals surface area contributed by atoms with Crippen molar-refractivity contribution in [1.82, 2.24) is 10.2 Å². The number of allylic oxidation sites excluding steroid dienone is 1. The minimum Gasteiger partial charge on any atom is -0.277 e. The molecule has 0 saturated heterocycles. The molecule has 0 bridgehead atoms. The van der Waals surface area contributed by atoms with Gasteiger partial charge in [0, 0.05) is 11.1 Å². The van der Waals surface area contributed by atoms with Crippen molar-refractivity contribution >= 4 is 15.9 Å². The van der Waals surface area contributed by atoms with E-state index in [1.807, 2.05) is 30.3 Å². The first-order chi connectivity index (χ1) is 11.6. The van der Waals surface area contributed by atoms with Crippen molar-refractivity contribution in [2.75, 3.05) is 0 Å². The van der Waals surface area contributed by atoms with Crippen LogP contribution in [0.3, 0.4) is 0 Å². The van der Waals surface area contributed by atoms with Crippen LogP contribution in [0.1, 0.15) is 5.56 Å². The zero-order valence-corrected chi connectivity index (χ0v) is 13.4. The highest BCUT2D eigenvalue weighted by atomic mass is 32.2. The predicted octanol–water partition coefficient (Wildman–Crippen LogP) is 3.42. The minimum atomic E-state index is -3.87. The van der Waals surface area contributed by atoms with E-state index >= 15 is 0 Å². The number of benzene rings is 2. The van der Waals surface area contributed by atoms with Gasteiger partial charge in [0.05, 0.1) is 16.8 Å². The van der Waals surface area contributed by atoms with Crippen molar-refractivity contribution in [3.63, 3.8) is 0 Å². The third-order valence-corrected chi connectivity index (χ3v) is 5.15. The normalized spacial score (nSPS) is 11.9. The van der Waals surface area contributed by atoms with Crippen LogP contribution in [-0.4, -0.2) is 18.6 Å². The second-order valence-electron chi connectivity index (χ2n) is 5.00. The number of hydrogen-bond donors (Lipinski definition) is 1. The largest absolute Gasteiger partial charge is 0.277 e. The monoisotopic (exact) mass is 335 g/mol. The Balaban J connectivity index is 2.08. The lowest BCUT2D eigenvalue weighted by molar-refractivity contribution is 0.603. The van der Waals surface area contributed by atoms with Crippen molar-refractivity contribution in [2.45, 2.75) is 4.90 Å². The lowest BCUT2D eigenvalue weighted by Gasteiger charge is -2.03. The van der Waals surface area contributed by atoms with E-state index < -0.39 is 9.84 Å². The molecular weight excluding hydrogens is 322 g/mol. The highest BCUT2D eigenvalue weighted by molar-refractivity contribution is 7.95. The number of sulfone groups is 1. The summed E-state index contributed by atoms with van der Waals surface area (Å²) in [6.07, 6.45) is 2.84. The molecule has 1 heterocycles. The third-order valence-electron chi connectivity index (χ3n) is 3.47. The Hall–Kier alpha value is -3.17. The Morgan fingerprint density at radius 2 is 1.67 bits per heavy atom. The van der Waals surface area contributed by atoms with Crippen LogP contribution in [0.4, 0.5) is 0 Å². The average Bonchev–Trinajstić information content (AvgIpc) is 3.09. The molecule has 0 radical (unpaired) electrons. The summed E-state index contributed by atoms with van der Waals surface area (Å²) in [6.45, 7) is 0. The number of aromatic nitrogens is 2. The molecular formula is C18H13N3O2S. The van der Waals surface area contributed by atoms with Crippen LogP contribution in [0.2, 0.25) is 0 Å². The summed E-state index contributed by atoms with van der Waals surface area (Å²) in [5, 5.41) is 16.2. The molecule has 0 fully saturated rings. The average molecular weight is 335 g/mol. The summed E-state index contributed by atoms with van der Waals surface area (Å²) in [6, 6.07) is 19.1. The van der Waals surface area contributed by atoms with Crippen molar-refractivity contribution < 1.29 is 8.42 Å². The maximum atomic E-state index is 12.6. The molecule has 1 N–H and O–H groups in total. The van der Waals surface area contributed by atoms with Gasteiger partial charge >= 0.3 is 0 Å². The molecule has 0 atom stereocenters. The lowest BCUT2D eigenvalue weighted by Crippen LogP contribution is -2.03. The van der Waals surface area contributed by atoms with Crippen LogP contribution in [0.15, 0.2) is 76.7 Å². The number of nitrogens with one attached hydrogen (secondary N) is 1. The molecule has 6 heteroatoms. The molecule has 3 rings (SSSR count). The first-order valence-electron chi connectivity index (χ1n) is 7.13. The Labute approximate surface area is 139 Å². The van der Waals surface area contributed by atoms with Crippen LogP contribution >= 0.6 is 0 Å². The van der Waals surface area contributed by atoms with E-state index in [4.69, 9.17) is 0 Å². The van der Waals surface area contributed by atoms with Gasteiger partial charge in [0.15, 0.2) is 0 Å². The summed E-state index contributed by atoms with van der Waals surface area (Å²) in [5.41, 5.74) is 2.06. The quantitative estimate of drug-likeness (QED) is 0.740. The zero-order chi connectivity index (χ0) is 17.0. The third kappa shape index (κ3) is 2.98. The van der Waals surface area contributed by atoms with Gasteiger partial charge in [0.2, 0.25) is 9.84 Å². The van der Waals surface area contributed by atoms with Gasteiger partial charge in [0.25, 0.3) is 0 Å². The molecule has 0 amide bonds. The summed E-state index contributed by atoms with van der Waals surface area (Å²) in [5.74, 6) is 0. The van der Waals surface area contributed by atoms with Gasteiger partial charge in [-0.15, -0.1) is 0 Å². The molecule has 0 saturated carbocycles. The molecule has 5 nitrogen and oxygen atoms in total. The highest BCUT2D eigenvalue weighted by Crippen LogP contribution is 2.26. The fourth-order valence-electron chi connectivity index (χ4n) is 2.28. The summed E-state index contributed by atoms with van der Waals surface area (Å²) in [7, 11) is -3.87. The molecule has 3 aromatic rings. The highest BCUT2D eigenvalue weighted by Gasteiger charge is 2.21. The maximum absolute atomic E-state index is 12.6. The van der Waals surface area contributed by atoms with Crippen LogP contribution in [0, 0.1) is 11.3 Å². The van der Waals surface area contributed by atoms with Crippen molar-refractivity contribution in [2.24, 2.45) is 0 Å². The van der Waals surface area contributed by atoms with Gasteiger partial charge < -0.3 is 0 Å². The summed E-state index contributed by atoms with van der Waals surface area (Å²) < 4.78 is 25.2. The fraction of sp³-hybridized carbons (Fsp3) is 0. The fourth-order valence-corrected chi connectivity index (χ4v) is 3.45. The van der Waals surface area contributed by atoms with Gasteiger partial charge in [0.1, 0.15) is 11.0 Å². The second-order valence-corrected chi connectivity index (χ2v) is 6.92. The molecule has 24 heavy (non-hydrogen) atoms. The van der Waals surface area contributed by atoms with Gasteiger partial charge in [-0.1, -0.05) is 48.5 Å². The Kier molecular flexibility index (Phi) is 4.27. The predicted molar refractivity (Wildman–Crippen MR) is 91.2 cm³/mol. The number of hydrogen-bond acceptors (Lipinski definition) is 4. The van der Waals surface area contributed by atoms with E-state index in [1.165, 1.54) is 24.4 Å². The number of H-pyrrole nitrogens is 1. The number of nitriles is 1. The van der Waals surface area contributed by atoms with Crippen LogP contribution in [0.25, 0.3) is 17.3 Å². The number of nitrogens with zero attached hydrogens (tertiary/aromatic N) is 2. The first kappa shape index (κ1) is 15.7. The molecule has 0 spiro atoms. The van der Waals surface area contributed by atoms with Gasteiger partial charge in [-0.2, -0.15) is 10.4 Å². The zero-order valence-electron chi connectivity index (χ0n) is 12.5. The van der Waals surface area contributed by atoms with Crippen LogP contribution in [-0.2, 0) is 9.84 Å². The Morgan fingerprint density at radius 3 is 2.29 bits per heavy atom. The summed E-state index contributed by atoms with van der Waals surface area (Å²) >= 11 is 0. The van der Waals surface area contributed by atoms with Crippen molar-refractivity contribution in [1.29, 1.82) is 5.26 Å². The van der Waals surface area contributed by atoms with Crippen molar-refractivity contribution in [3.8, 4) is 17.3 Å². The van der Waals surface area contributed by atoms with E-state index in [0.29, 0.717) is 11.3 Å². The molecule has 0 aliphatic carbocycles. The smallest absolute Gasteiger partial charge is 0.216 e. The SMILES string of the molecule is N#CC(=Cc1cn[nH]c1-c1ccccc1)S(=O)(=O)c1ccccc1. The lowest BCUT2D eigenvalue weighted by atomic mass is 10.1. The van der Waals surface area contributed by atoms with Gasteiger partial charge in [-0.05, 0) is 18.2 Å². The number of rotatable bonds is 4. The van der Waals surface area contributed by atoms with Crippen molar-refractivity contribution in [3.05, 3.63) is 77.3 Å². The Morgan fingerprint density at radius 1 is 1.04 bits per heavy atom. The van der Waals surface area contributed by atoms with Crippen LogP contribution < -0.4 is 0 Å². The van der Waals surface area contributed by atoms with E-state index in [0.717, 1.165) is 5.56 Å². The van der Waals surface area contributed by atoms with Crippen LogP contribution in [0.5, 0.6) is 0 Å².